The number of hydrogen-bond donors (Lipinski definition) is 1. The summed E-state index contributed by atoms with van der Waals surface area (Å²) in [6, 6.07) is 14.1. The van der Waals surface area contributed by atoms with Gasteiger partial charge in [-0.25, -0.2) is 9.78 Å². The lowest BCUT2D eigenvalue weighted by Gasteiger charge is -2.02. The molecule has 2 heterocycles. The monoisotopic (exact) mass is 366 g/mol. The van der Waals surface area contributed by atoms with E-state index in [-0.39, 0.29) is 5.56 Å². The Morgan fingerprint density at radius 2 is 2.08 bits per heavy atom. The molecule has 130 valence electrons. The number of amides is 1. The van der Waals surface area contributed by atoms with Gasteiger partial charge in [-0.05, 0) is 31.2 Å². The van der Waals surface area contributed by atoms with Crippen LogP contribution in [0.25, 0.3) is 21.2 Å². The average Bonchev–Trinajstić information content (AvgIpc) is 3.02. The highest BCUT2D eigenvalue weighted by molar-refractivity contribution is 7.22. The second kappa shape index (κ2) is 6.61. The number of fused-ring (bicyclic) bond motifs is 2. The molecule has 4 aromatic rings. The summed E-state index contributed by atoms with van der Waals surface area (Å²) < 4.78 is 11.6. The van der Waals surface area contributed by atoms with Gasteiger partial charge in [-0.2, -0.15) is 0 Å². The van der Waals surface area contributed by atoms with Gasteiger partial charge in [0, 0.05) is 11.5 Å². The maximum atomic E-state index is 12.5. The van der Waals surface area contributed by atoms with Crippen molar-refractivity contribution in [2.45, 2.75) is 6.92 Å². The number of rotatable bonds is 4. The molecule has 0 aliphatic heterocycles. The Morgan fingerprint density at radius 1 is 1.23 bits per heavy atom. The maximum Gasteiger partial charge on any atom is 0.349 e. The van der Waals surface area contributed by atoms with Gasteiger partial charge in [-0.1, -0.05) is 29.5 Å². The normalized spacial score (nSPS) is 11.0. The van der Waals surface area contributed by atoms with Crippen LogP contribution in [0.1, 0.15) is 17.3 Å². The average molecular weight is 366 g/mol. The zero-order chi connectivity index (χ0) is 18.1. The molecule has 0 unspecified atom stereocenters. The summed E-state index contributed by atoms with van der Waals surface area (Å²) in [5.41, 5.74) is 0.429. The van der Waals surface area contributed by atoms with Crippen molar-refractivity contribution in [2.24, 2.45) is 0 Å². The number of anilines is 1. The summed E-state index contributed by atoms with van der Waals surface area (Å²) in [6.07, 6.45) is 0. The Morgan fingerprint density at radius 3 is 2.92 bits per heavy atom. The van der Waals surface area contributed by atoms with Gasteiger partial charge in [0.1, 0.15) is 16.9 Å². The SMILES string of the molecule is CCOc1ccc2sc(NC(=O)c3cc4ccccc4oc3=O)nc2c1. The van der Waals surface area contributed by atoms with Crippen LogP contribution >= 0.6 is 11.3 Å². The Bertz CT molecular complexity index is 1180. The number of nitrogens with one attached hydrogen (secondary N) is 1. The number of nitrogens with zero attached hydrogens (tertiary/aromatic N) is 1. The Hall–Kier alpha value is -3.19. The lowest BCUT2D eigenvalue weighted by atomic mass is 10.2. The van der Waals surface area contributed by atoms with E-state index in [4.69, 9.17) is 9.15 Å². The van der Waals surface area contributed by atoms with Crippen molar-refractivity contribution in [3.05, 3.63) is 64.5 Å². The lowest BCUT2D eigenvalue weighted by molar-refractivity contribution is 0.102. The Kier molecular flexibility index (Phi) is 4.14. The van der Waals surface area contributed by atoms with Crippen LogP contribution in [0.3, 0.4) is 0 Å². The van der Waals surface area contributed by atoms with Gasteiger partial charge in [-0.3, -0.25) is 10.1 Å². The molecule has 0 fully saturated rings. The molecule has 2 aromatic heterocycles. The number of carbonyl (C=O) groups is 1. The van der Waals surface area contributed by atoms with E-state index in [1.165, 1.54) is 17.4 Å². The summed E-state index contributed by atoms with van der Waals surface area (Å²) in [7, 11) is 0. The second-order valence-corrected chi connectivity index (χ2v) is 6.55. The summed E-state index contributed by atoms with van der Waals surface area (Å²) in [5.74, 6) is 0.173. The molecular weight excluding hydrogens is 352 g/mol. The van der Waals surface area contributed by atoms with Gasteiger partial charge < -0.3 is 9.15 Å². The Labute approximate surface area is 152 Å². The van der Waals surface area contributed by atoms with E-state index >= 15 is 0 Å². The number of hydrogen-bond acceptors (Lipinski definition) is 6. The fraction of sp³-hybridized carbons (Fsp3) is 0.105. The van der Waals surface area contributed by atoms with Crippen LogP contribution in [0.4, 0.5) is 5.13 Å². The molecule has 0 aliphatic carbocycles. The summed E-state index contributed by atoms with van der Waals surface area (Å²) in [5, 5.41) is 3.76. The zero-order valence-corrected chi connectivity index (χ0v) is 14.6. The summed E-state index contributed by atoms with van der Waals surface area (Å²) in [6.45, 7) is 2.48. The van der Waals surface area contributed by atoms with Gasteiger partial charge in [0.2, 0.25) is 0 Å². The minimum absolute atomic E-state index is 0.0574. The van der Waals surface area contributed by atoms with Crippen molar-refractivity contribution in [1.29, 1.82) is 0 Å². The van der Waals surface area contributed by atoms with Crippen molar-refractivity contribution in [2.75, 3.05) is 11.9 Å². The van der Waals surface area contributed by atoms with Gasteiger partial charge in [0.05, 0.1) is 16.8 Å². The smallest absolute Gasteiger partial charge is 0.349 e. The highest BCUT2D eigenvalue weighted by Crippen LogP contribution is 2.29. The van der Waals surface area contributed by atoms with Crippen LogP contribution in [0, 0.1) is 0 Å². The van der Waals surface area contributed by atoms with Crippen molar-refractivity contribution in [3.63, 3.8) is 0 Å². The van der Waals surface area contributed by atoms with Gasteiger partial charge in [0.15, 0.2) is 5.13 Å². The van der Waals surface area contributed by atoms with E-state index in [0.717, 1.165) is 16.0 Å². The summed E-state index contributed by atoms with van der Waals surface area (Å²) >= 11 is 1.33. The van der Waals surface area contributed by atoms with Crippen LogP contribution < -0.4 is 15.7 Å². The quantitative estimate of drug-likeness (QED) is 0.551. The molecule has 0 radical (unpaired) electrons. The first-order valence-corrected chi connectivity index (χ1v) is 8.83. The molecule has 0 saturated carbocycles. The highest BCUT2D eigenvalue weighted by Gasteiger charge is 2.16. The van der Waals surface area contributed by atoms with Crippen molar-refractivity contribution < 1.29 is 13.9 Å². The molecule has 26 heavy (non-hydrogen) atoms. The minimum Gasteiger partial charge on any atom is -0.494 e. The van der Waals surface area contributed by atoms with Crippen molar-refractivity contribution in [1.82, 2.24) is 4.98 Å². The molecule has 0 spiro atoms. The first kappa shape index (κ1) is 16.3. The molecule has 1 amide bonds. The van der Waals surface area contributed by atoms with E-state index in [9.17, 15) is 9.59 Å². The first-order chi connectivity index (χ1) is 12.6. The number of aromatic nitrogens is 1. The van der Waals surface area contributed by atoms with Gasteiger partial charge in [-0.15, -0.1) is 0 Å². The number of ether oxygens (including phenoxy) is 1. The topological polar surface area (TPSA) is 81.4 Å². The maximum absolute atomic E-state index is 12.5. The van der Waals surface area contributed by atoms with E-state index < -0.39 is 11.5 Å². The second-order valence-electron chi connectivity index (χ2n) is 5.52. The number of carbonyl (C=O) groups excluding carboxylic acids is 1. The molecule has 0 bridgehead atoms. The zero-order valence-electron chi connectivity index (χ0n) is 13.8. The third-order valence-corrected chi connectivity index (χ3v) is 4.73. The molecule has 1 N–H and O–H groups in total. The van der Waals surface area contributed by atoms with E-state index in [0.29, 0.717) is 22.7 Å². The molecule has 7 heteroatoms. The van der Waals surface area contributed by atoms with Gasteiger partial charge in [0.25, 0.3) is 5.91 Å². The molecule has 0 atom stereocenters. The summed E-state index contributed by atoms with van der Waals surface area (Å²) in [4.78, 5) is 29.0. The molecule has 6 nitrogen and oxygen atoms in total. The number of benzene rings is 2. The van der Waals surface area contributed by atoms with Crippen LogP contribution in [0.5, 0.6) is 5.75 Å². The van der Waals surface area contributed by atoms with Crippen LogP contribution in [0.15, 0.2) is 57.7 Å². The molecular formula is C19H14N2O4S. The fourth-order valence-electron chi connectivity index (χ4n) is 2.60. The molecule has 0 aliphatic rings. The molecule has 2 aromatic carbocycles. The van der Waals surface area contributed by atoms with Crippen LogP contribution in [-0.4, -0.2) is 17.5 Å². The fourth-order valence-corrected chi connectivity index (χ4v) is 3.44. The number of para-hydroxylation sites is 1. The van der Waals surface area contributed by atoms with Crippen LogP contribution in [0.2, 0.25) is 0 Å². The van der Waals surface area contributed by atoms with Crippen LogP contribution in [-0.2, 0) is 0 Å². The Balaban J connectivity index is 1.64. The highest BCUT2D eigenvalue weighted by atomic mass is 32.1. The van der Waals surface area contributed by atoms with E-state index in [2.05, 4.69) is 10.3 Å². The predicted molar refractivity (Wildman–Crippen MR) is 101 cm³/mol. The van der Waals surface area contributed by atoms with E-state index in [1.54, 1.807) is 18.2 Å². The standard InChI is InChI=1S/C19H14N2O4S/c1-2-24-12-7-8-16-14(10-12)20-19(26-16)21-17(22)13-9-11-5-3-4-6-15(11)25-18(13)23/h3-10H,2H2,1H3,(H,20,21,22). The third kappa shape index (κ3) is 3.04. The van der Waals surface area contributed by atoms with Crippen molar-refractivity contribution in [3.8, 4) is 5.75 Å². The van der Waals surface area contributed by atoms with E-state index in [1.807, 2.05) is 31.2 Å². The minimum atomic E-state index is -0.680. The first-order valence-electron chi connectivity index (χ1n) is 8.01. The largest absolute Gasteiger partial charge is 0.494 e. The number of thiazole rings is 1. The lowest BCUT2D eigenvalue weighted by Crippen LogP contribution is -2.20. The molecule has 0 saturated heterocycles. The predicted octanol–water partition coefficient (Wildman–Crippen LogP) is 4.05. The molecule has 4 rings (SSSR count). The van der Waals surface area contributed by atoms with Crippen molar-refractivity contribution >= 4 is 43.6 Å². The third-order valence-electron chi connectivity index (χ3n) is 3.78. The van der Waals surface area contributed by atoms with Gasteiger partial charge >= 0.3 is 5.63 Å².